The molecule has 94 valence electrons. The van der Waals surface area contributed by atoms with Gasteiger partial charge in [0.05, 0.1) is 11.7 Å². The molecule has 0 amide bonds. The van der Waals surface area contributed by atoms with Crippen molar-refractivity contribution in [3.63, 3.8) is 0 Å². The molecule has 1 aliphatic heterocycles. The molecule has 0 saturated carbocycles. The summed E-state index contributed by atoms with van der Waals surface area (Å²) in [5.41, 5.74) is 9.45. The van der Waals surface area contributed by atoms with Gasteiger partial charge in [-0.2, -0.15) is 0 Å². The van der Waals surface area contributed by atoms with Gasteiger partial charge >= 0.3 is 0 Å². The summed E-state index contributed by atoms with van der Waals surface area (Å²) < 4.78 is 0. The fourth-order valence-electron chi connectivity index (χ4n) is 2.57. The summed E-state index contributed by atoms with van der Waals surface area (Å²) in [5.74, 6) is 0. The smallest absolute Gasteiger partial charge is 0.180 e. The molecule has 4 heteroatoms. The zero-order chi connectivity index (χ0) is 12.5. The van der Waals surface area contributed by atoms with Crippen LogP contribution in [0.4, 0.5) is 10.8 Å². The molecule has 1 aliphatic rings. The molecule has 2 heterocycles. The number of nitrogen functional groups attached to an aromatic ring is 1. The van der Waals surface area contributed by atoms with Gasteiger partial charge in [0.25, 0.3) is 0 Å². The zero-order valence-corrected chi connectivity index (χ0v) is 11.3. The van der Waals surface area contributed by atoms with Crippen molar-refractivity contribution in [3.05, 3.63) is 40.9 Å². The van der Waals surface area contributed by atoms with Crippen LogP contribution < -0.4 is 10.6 Å². The minimum atomic E-state index is 0.390. The Morgan fingerprint density at radius 2 is 2.11 bits per heavy atom. The highest BCUT2D eigenvalue weighted by molar-refractivity contribution is 7.13. The molecule has 18 heavy (non-hydrogen) atoms. The van der Waals surface area contributed by atoms with E-state index in [-0.39, 0.29) is 0 Å². The number of thiazole rings is 1. The Morgan fingerprint density at radius 3 is 2.78 bits per heavy atom. The predicted molar refractivity (Wildman–Crippen MR) is 77.0 cm³/mol. The van der Waals surface area contributed by atoms with E-state index in [1.807, 2.05) is 0 Å². The Labute approximate surface area is 111 Å². The van der Waals surface area contributed by atoms with Gasteiger partial charge in [0.15, 0.2) is 5.13 Å². The van der Waals surface area contributed by atoms with Crippen LogP contribution in [-0.4, -0.2) is 11.5 Å². The first-order valence-corrected chi connectivity index (χ1v) is 7.16. The molecule has 1 atom stereocenters. The Hall–Kier alpha value is -1.55. The number of hydrogen-bond acceptors (Lipinski definition) is 4. The van der Waals surface area contributed by atoms with Crippen LogP contribution in [0.3, 0.4) is 0 Å². The van der Waals surface area contributed by atoms with Gasteiger partial charge in [-0.15, -0.1) is 11.3 Å². The van der Waals surface area contributed by atoms with Crippen LogP contribution in [0, 0.1) is 6.92 Å². The topological polar surface area (TPSA) is 42.1 Å². The van der Waals surface area contributed by atoms with Gasteiger partial charge in [0.2, 0.25) is 0 Å². The number of rotatable bonds is 2. The average Bonchev–Trinajstić information content (AvgIpc) is 2.98. The van der Waals surface area contributed by atoms with Gasteiger partial charge in [-0.3, -0.25) is 0 Å². The largest absolute Gasteiger partial charge is 0.375 e. The molecule has 0 bridgehead atoms. The first-order chi connectivity index (χ1) is 8.74. The maximum atomic E-state index is 5.74. The van der Waals surface area contributed by atoms with E-state index in [0.29, 0.717) is 11.2 Å². The summed E-state index contributed by atoms with van der Waals surface area (Å²) in [7, 11) is 0. The van der Waals surface area contributed by atoms with Gasteiger partial charge in [-0.05, 0) is 31.9 Å². The van der Waals surface area contributed by atoms with Gasteiger partial charge < -0.3 is 10.6 Å². The minimum Gasteiger partial charge on any atom is -0.375 e. The van der Waals surface area contributed by atoms with Gasteiger partial charge in [-0.1, -0.05) is 17.7 Å². The second-order valence-electron chi connectivity index (χ2n) is 4.80. The molecular formula is C14H17N3S. The van der Waals surface area contributed by atoms with Crippen LogP contribution in [-0.2, 0) is 0 Å². The third kappa shape index (κ3) is 2.08. The fraction of sp³-hybridized carbons (Fsp3) is 0.357. The highest BCUT2D eigenvalue weighted by Crippen LogP contribution is 2.36. The van der Waals surface area contributed by atoms with E-state index in [9.17, 15) is 0 Å². The van der Waals surface area contributed by atoms with Crippen molar-refractivity contribution >= 4 is 22.2 Å². The average molecular weight is 259 g/mol. The summed E-state index contributed by atoms with van der Waals surface area (Å²) in [4.78, 5) is 6.88. The molecule has 3 nitrogen and oxygen atoms in total. The Balaban J connectivity index is 1.89. The number of nitrogens with two attached hydrogens (primary N) is 1. The lowest BCUT2D eigenvalue weighted by atomic mass is 10.1. The van der Waals surface area contributed by atoms with Crippen molar-refractivity contribution in [2.24, 2.45) is 0 Å². The number of hydrogen-bond donors (Lipinski definition) is 1. The summed E-state index contributed by atoms with van der Waals surface area (Å²) in [5, 5.41) is 2.76. The lowest BCUT2D eigenvalue weighted by molar-refractivity contribution is 0.700. The summed E-state index contributed by atoms with van der Waals surface area (Å²) in [6.45, 7) is 3.22. The Bertz CT molecular complexity index is 532. The first kappa shape index (κ1) is 11.5. The molecule has 0 aliphatic carbocycles. The van der Waals surface area contributed by atoms with Gasteiger partial charge in [0, 0.05) is 17.6 Å². The van der Waals surface area contributed by atoms with Gasteiger partial charge in [-0.25, -0.2) is 4.98 Å². The standard InChI is InChI=1S/C14H17N3S/c1-10-4-6-11(7-5-10)17-8-2-3-13(17)12-9-18-14(15)16-12/h4-7,9,13H,2-3,8H2,1H3,(H2,15,16). The minimum absolute atomic E-state index is 0.390. The summed E-state index contributed by atoms with van der Waals surface area (Å²) in [6.07, 6.45) is 2.38. The highest BCUT2D eigenvalue weighted by atomic mass is 32.1. The molecule has 0 radical (unpaired) electrons. The van der Waals surface area contributed by atoms with Crippen LogP contribution in [0.25, 0.3) is 0 Å². The SMILES string of the molecule is Cc1ccc(N2CCCC2c2csc(N)n2)cc1. The van der Waals surface area contributed by atoms with E-state index >= 15 is 0 Å². The van der Waals surface area contributed by atoms with E-state index < -0.39 is 0 Å². The second-order valence-corrected chi connectivity index (χ2v) is 5.69. The van der Waals surface area contributed by atoms with E-state index in [2.05, 4.69) is 46.5 Å². The van der Waals surface area contributed by atoms with E-state index in [1.54, 1.807) is 0 Å². The Morgan fingerprint density at radius 1 is 1.33 bits per heavy atom. The molecule has 1 aromatic heterocycles. The highest BCUT2D eigenvalue weighted by Gasteiger charge is 2.27. The van der Waals surface area contributed by atoms with Crippen molar-refractivity contribution in [3.8, 4) is 0 Å². The number of nitrogens with zero attached hydrogens (tertiary/aromatic N) is 2. The quantitative estimate of drug-likeness (QED) is 0.899. The van der Waals surface area contributed by atoms with E-state index in [1.165, 1.54) is 29.0 Å². The van der Waals surface area contributed by atoms with Crippen molar-refractivity contribution in [2.75, 3.05) is 17.2 Å². The maximum absolute atomic E-state index is 5.74. The number of benzene rings is 1. The van der Waals surface area contributed by atoms with Crippen molar-refractivity contribution < 1.29 is 0 Å². The van der Waals surface area contributed by atoms with Crippen LogP contribution in [0.2, 0.25) is 0 Å². The molecule has 2 aromatic rings. The molecule has 1 unspecified atom stereocenters. The number of anilines is 2. The normalized spacial score (nSPS) is 19.4. The lowest BCUT2D eigenvalue weighted by Crippen LogP contribution is -2.22. The molecule has 1 aromatic carbocycles. The van der Waals surface area contributed by atoms with Crippen molar-refractivity contribution in [1.29, 1.82) is 0 Å². The molecular weight excluding hydrogens is 242 g/mol. The zero-order valence-electron chi connectivity index (χ0n) is 10.5. The second kappa shape index (κ2) is 4.61. The monoisotopic (exact) mass is 259 g/mol. The molecule has 2 N–H and O–H groups in total. The predicted octanol–water partition coefficient (Wildman–Crippen LogP) is 3.38. The van der Waals surface area contributed by atoms with Crippen LogP contribution in [0.1, 0.15) is 30.1 Å². The van der Waals surface area contributed by atoms with Gasteiger partial charge in [0.1, 0.15) is 0 Å². The Kier molecular flexibility index (Phi) is 2.96. The molecule has 0 spiro atoms. The molecule has 1 saturated heterocycles. The third-order valence-electron chi connectivity index (χ3n) is 3.50. The summed E-state index contributed by atoms with van der Waals surface area (Å²) in [6, 6.07) is 9.12. The number of aryl methyl sites for hydroxylation is 1. The van der Waals surface area contributed by atoms with Crippen LogP contribution in [0.5, 0.6) is 0 Å². The maximum Gasteiger partial charge on any atom is 0.180 e. The van der Waals surface area contributed by atoms with Crippen molar-refractivity contribution in [1.82, 2.24) is 4.98 Å². The third-order valence-corrected chi connectivity index (χ3v) is 4.19. The van der Waals surface area contributed by atoms with Crippen molar-refractivity contribution in [2.45, 2.75) is 25.8 Å². The summed E-state index contributed by atoms with van der Waals surface area (Å²) >= 11 is 1.53. The van der Waals surface area contributed by atoms with Crippen LogP contribution >= 0.6 is 11.3 Å². The first-order valence-electron chi connectivity index (χ1n) is 6.28. The number of aromatic nitrogens is 1. The lowest BCUT2D eigenvalue weighted by Gasteiger charge is -2.25. The van der Waals surface area contributed by atoms with Crippen LogP contribution in [0.15, 0.2) is 29.6 Å². The fourth-order valence-corrected chi connectivity index (χ4v) is 3.18. The van der Waals surface area contributed by atoms with E-state index in [4.69, 9.17) is 5.73 Å². The van der Waals surface area contributed by atoms with E-state index in [0.717, 1.165) is 18.7 Å². The molecule has 1 fully saturated rings. The molecule has 3 rings (SSSR count).